The van der Waals surface area contributed by atoms with Gasteiger partial charge in [-0.25, -0.2) is 29.9 Å². The van der Waals surface area contributed by atoms with Crippen LogP contribution in [0.5, 0.6) is 17.2 Å². The molecule has 2 amide bonds. The van der Waals surface area contributed by atoms with Gasteiger partial charge in [-0.15, -0.1) is 10.2 Å². The van der Waals surface area contributed by atoms with Gasteiger partial charge in [0.05, 0.1) is 113 Å². The maximum absolute atomic E-state index is 13.2. The SMILES string of the molecule is C=CC(=O)Nc1cc(Nc2ncc(C3=NOC(C)(Cc4ccc5c(-c6nc(Nc7cc(NC(=O)C=C)c(N(C)CCN(C)C)cc7OC)ncc6-c6nnc(C)s6)cn(C)c5c4)O3)c(-c3cn(C)c4ccc(C5(C)NC(c6cnc(Nc7cc(NC(O)C=C)c(N(C)CCN(C)C)cc7OC)nc6-c6cn(C)c7ccccc67)=NO5)cc34)n2)c(OC)cc1N(C)CCN(C)C. The summed E-state index contributed by atoms with van der Waals surface area (Å²) in [6.45, 7) is 21.1. The summed E-state index contributed by atoms with van der Waals surface area (Å²) in [4.78, 5) is 82.4. The van der Waals surface area contributed by atoms with Gasteiger partial charge in [0.25, 0.3) is 11.7 Å². The van der Waals surface area contributed by atoms with Crippen molar-refractivity contribution < 1.29 is 43.3 Å². The molecule has 35 nitrogen and oxygen atoms in total. The van der Waals surface area contributed by atoms with Gasteiger partial charge in [0.1, 0.15) is 28.5 Å². The third-order valence-corrected chi connectivity index (χ3v) is 23.6. The second kappa shape index (κ2) is 37.7. The van der Waals surface area contributed by atoms with Crippen molar-refractivity contribution in [2.45, 2.75) is 44.9 Å². The van der Waals surface area contributed by atoms with Crippen molar-refractivity contribution in [2.24, 2.45) is 31.5 Å². The normalized spacial score (nSPS) is 14.9. The molecule has 130 heavy (non-hydrogen) atoms. The number of hydrogen-bond donors (Lipinski definition) is 8. The van der Waals surface area contributed by atoms with E-state index in [0.29, 0.717) is 132 Å². The molecule has 36 heteroatoms. The highest BCUT2D eigenvalue weighted by atomic mass is 32.1. The van der Waals surface area contributed by atoms with Crippen molar-refractivity contribution in [3.05, 3.63) is 199 Å². The molecule has 0 fully saturated rings. The summed E-state index contributed by atoms with van der Waals surface area (Å²) < 4.78 is 31.2. The molecule has 674 valence electrons. The Morgan fingerprint density at radius 2 is 1.00 bits per heavy atom. The molecular formula is C94H108N26O9S. The highest BCUT2D eigenvalue weighted by Gasteiger charge is 2.41. The fourth-order valence-corrected chi connectivity index (χ4v) is 16.4. The van der Waals surface area contributed by atoms with Crippen LogP contribution in [0.2, 0.25) is 0 Å². The van der Waals surface area contributed by atoms with E-state index in [1.807, 2.05) is 199 Å². The largest absolute Gasteiger partial charge is 0.494 e. The maximum Gasteiger partial charge on any atom is 0.278 e. The lowest BCUT2D eigenvalue weighted by Crippen LogP contribution is -2.39. The Morgan fingerprint density at radius 3 is 1.51 bits per heavy atom. The second-order valence-corrected chi connectivity index (χ2v) is 34.3. The van der Waals surface area contributed by atoms with Crippen molar-refractivity contribution >= 4 is 137 Å². The van der Waals surface area contributed by atoms with E-state index in [-0.39, 0.29) is 36.1 Å². The van der Waals surface area contributed by atoms with Gasteiger partial charge in [0.2, 0.25) is 35.4 Å². The first-order valence-corrected chi connectivity index (χ1v) is 42.8. The zero-order valence-electron chi connectivity index (χ0n) is 76.2. The average Bonchev–Trinajstić information content (AvgIpc) is 1.59. The Kier molecular flexibility index (Phi) is 26.1. The summed E-state index contributed by atoms with van der Waals surface area (Å²) in [6, 6.07) is 31.4. The summed E-state index contributed by atoms with van der Waals surface area (Å²) in [5.74, 6) is 0.421. The van der Waals surface area contributed by atoms with Crippen LogP contribution in [0, 0.1) is 6.92 Å². The van der Waals surface area contributed by atoms with Crippen molar-refractivity contribution in [1.82, 2.24) is 73.8 Å². The molecule has 0 radical (unpaired) electrons. The molecule has 9 heterocycles. The molecule has 0 saturated carbocycles. The predicted molar refractivity (Wildman–Crippen MR) is 516 cm³/mol. The Morgan fingerprint density at radius 1 is 0.531 bits per heavy atom. The lowest BCUT2D eigenvalue weighted by Gasteiger charge is -2.27. The van der Waals surface area contributed by atoms with Crippen LogP contribution in [0.4, 0.5) is 69.0 Å². The van der Waals surface area contributed by atoms with Crippen LogP contribution >= 0.6 is 11.3 Å². The lowest BCUT2D eigenvalue weighted by atomic mass is 9.98. The number of aryl methyl sites for hydroxylation is 4. The van der Waals surface area contributed by atoms with E-state index in [4.69, 9.17) is 68.8 Å². The molecule has 0 aliphatic carbocycles. The molecule has 7 aromatic heterocycles. The Hall–Kier alpha value is -14.7. The molecule has 2 aliphatic heterocycles. The summed E-state index contributed by atoms with van der Waals surface area (Å²) in [6.07, 6.45) is 14.2. The van der Waals surface area contributed by atoms with Gasteiger partial charge in [-0.3, -0.25) is 9.59 Å². The number of rotatable bonds is 37. The standard InChI is InChI=1S/C94H108N26O9S/c1-22-81(121)98-66-41-69(78(124-19)44-75(66)115(13)36-33-112(7)8)101-90-95-48-60(84(104-90)63-51-118(16)72-28-26-25-27-57(63)72)87-107-94(6,129-110-87)56-30-32-73-59(40-56)65(53-119(73)17)85-61(49-96-91(105-85)102-70-42-67(99-82(122)23-2)76(45-79(70)125-20)116(14)37-34-113(9)10)88-111-128-93(5,127-88)47-55-29-31-58-64(52-120(18)74(58)39-55)86-62(89-109-108-54(4)130-89)50-97-92(106-86)103-71-43-68(100-83(123)24-3)77(46-80(71)126-21)117(15)38-35-114(11)12/h22-32,39-46,48-53,81,98,121H,1-3,33-38,47H2,4-21H3,(H,99,122)(H,100,123)(H,107,110)(H,95,101,104)(H,96,102,105)(H,97,103,106). The summed E-state index contributed by atoms with van der Waals surface area (Å²) in [5.41, 5.74) is 13.7. The number of nitrogens with zero attached hydrogens (tertiary/aromatic N) is 19. The number of para-hydroxylation sites is 1. The quantitative estimate of drug-likeness (QED) is 0.0102. The number of amides is 2. The number of carbonyl (C=O) groups excluding carboxylic acids is 2. The number of methoxy groups -OCH3 is 3. The van der Waals surface area contributed by atoms with Crippen LogP contribution in [-0.4, -0.2) is 233 Å². The van der Waals surface area contributed by atoms with Crippen LogP contribution in [-0.2, 0) is 57.3 Å². The minimum Gasteiger partial charge on any atom is -0.494 e. The zero-order chi connectivity index (χ0) is 92.3. The van der Waals surface area contributed by atoms with Crippen LogP contribution in [0.3, 0.4) is 0 Å². The number of anilines is 12. The number of amidine groups is 1. The zero-order valence-corrected chi connectivity index (χ0v) is 77.0. The van der Waals surface area contributed by atoms with Gasteiger partial charge in [-0.05, 0) is 121 Å². The molecule has 0 saturated heterocycles. The fourth-order valence-electron chi connectivity index (χ4n) is 15.7. The van der Waals surface area contributed by atoms with E-state index >= 15 is 0 Å². The van der Waals surface area contributed by atoms with E-state index in [1.54, 1.807) is 52.1 Å². The molecule has 15 rings (SSSR count). The number of oxime groups is 2. The van der Waals surface area contributed by atoms with Crippen molar-refractivity contribution in [1.29, 1.82) is 0 Å². The van der Waals surface area contributed by atoms with Gasteiger partial charge in [0, 0.05) is 206 Å². The van der Waals surface area contributed by atoms with E-state index in [1.165, 1.54) is 29.6 Å². The molecule has 3 atom stereocenters. The van der Waals surface area contributed by atoms with Gasteiger partial charge in [-0.2, -0.15) is 0 Å². The highest BCUT2D eigenvalue weighted by molar-refractivity contribution is 7.14. The van der Waals surface area contributed by atoms with Crippen LogP contribution in [0.25, 0.3) is 77.1 Å². The molecular weight excluding hydrogens is 1670 g/mol. The third-order valence-electron chi connectivity index (χ3n) is 22.7. The first kappa shape index (κ1) is 90.1. The van der Waals surface area contributed by atoms with E-state index in [2.05, 4.69) is 120 Å². The number of hydrogen-bond acceptors (Lipinski definition) is 31. The van der Waals surface area contributed by atoms with E-state index in [9.17, 15) is 14.7 Å². The van der Waals surface area contributed by atoms with E-state index in [0.717, 1.165) is 85.4 Å². The summed E-state index contributed by atoms with van der Waals surface area (Å²) in [5, 5.41) is 56.5. The lowest BCUT2D eigenvalue weighted by molar-refractivity contribution is -0.143. The van der Waals surface area contributed by atoms with E-state index < -0.39 is 23.6 Å². The van der Waals surface area contributed by atoms with Gasteiger partial charge in [0.15, 0.2) is 10.8 Å². The number of fused-ring (bicyclic) bond motifs is 3. The van der Waals surface area contributed by atoms with Crippen molar-refractivity contribution in [3.8, 4) is 61.6 Å². The Bertz CT molecular complexity index is 6590. The highest BCUT2D eigenvalue weighted by Crippen LogP contribution is 2.47. The van der Waals surface area contributed by atoms with Crippen LogP contribution in [0.1, 0.15) is 41.1 Å². The molecule has 3 unspecified atom stereocenters. The van der Waals surface area contributed by atoms with Gasteiger partial charge in [-0.1, -0.05) is 72.6 Å². The number of ether oxygens (including phenoxy) is 4. The molecule has 8 N–H and O–H groups in total. The van der Waals surface area contributed by atoms with Crippen molar-refractivity contribution in [2.75, 3.05) is 171 Å². The smallest absolute Gasteiger partial charge is 0.278 e. The third kappa shape index (κ3) is 19.0. The first-order valence-electron chi connectivity index (χ1n) is 42.0. The molecule has 2 aliphatic rings. The minimum absolute atomic E-state index is 0.111. The second-order valence-electron chi connectivity index (χ2n) is 33.1. The fraction of sp³-hybridized carbons (Fsp3) is 0.298. The van der Waals surface area contributed by atoms with Gasteiger partial charge >= 0.3 is 0 Å². The maximum atomic E-state index is 13.2. The molecule has 6 aromatic carbocycles. The topological polar surface area (TPSA) is 356 Å². The predicted octanol–water partition coefficient (Wildman–Crippen LogP) is 13.6. The average molecular weight is 1780 g/mol. The Balaban J connectivity index is 0.771. The number of aliphatic hydroxyl groups is 1. The molecule has 13 aromatic rings. The number of aliphatic hydroxyl groups excluding tert-OH is 1. The first-order chi connectivity index (χ1) is 62.3. The number of benzene rings is 6. The van der Waals surface area contributed by atoms with Crippen LogP contribution in [0.15, 0.2) is 183 Å². The van der Waals surface area contributed by atoms with Gasteiger partial charge < -0.3 is 114 Å². The van der Waals surface area contributed by atoms with Crippen molar-refractivity contribution in [3.63, 3.8) is 0 Å². The Labute approximate surface area is 757 Å². The summed E-state index contributed by atoms with van der Waals surface area (Å²) in [7, 11) is 28.6. The molecule has 0 spiro atoms. The number of nitrogens with one attached hydrogen (secondary N) is 7. The van der Waals surface area contributed by atoms with Crippen LogP contribution < -0.4 is 66.1 Å². The monoisotopic (exact) mass is 1780 g/mol. The minimum atomic E-state index is -1.38. The molecule has 0 bridgehead atoms. The summed E-state index contributed by atoms with van der Waals surface area (Å²) >= 11 is 1.43. The number of likely N-dealkylation sites (N-methyl/N-ethyl adjacent to an activating group) is 6. The number of carbonyl (C=O) groups is 2. The number of aromatic nitrogens is 11.